The lowest BCUT2D eigenvalue weighted by Crippen LogP contribution is -2.44. The van der Waals surface area contributed by atoms with Crippen LogP contribution in [0.5, 0.6) is 0 Å². The van der Waals surface area contributed by atoms with Gasteiger partial charge in [0.1, 0.15) is 23.2 Å². The van der Waals surface area contributed by atoms with Crippen molar-refractivity contribution in [2.45, 2.75) is 52.7 Å². The van der Waals surface area contributed by atoms with Gasteiger partial charge in [0.05, 0.1) is 0 Å². The molecule has 2 N–H and O–H groups in total. The van der Waals surface area contributed by atoms with Crippen LogP contribution in [0.15, 0.2) is 10.5 Å². The van der Waals surface area contributed by atoms with E-state index in [-0.39, 0.29) is 6.42 Å². The quantitative estimate of drug-likeness (QED) is 0.885. The summed E-state index contributed by atoms with van der Waals surface area (Å²) in [4.78, 5) is 22.8. The van der Waals surface area contributed by atoms with E-state index < -0.39 is 23.7 Å². The summed E-state index contributed by atoms with van der Waals surface area (Å²) in [6, 6.07) is 0.678. The lowest BCUT2D eigenvalue weighted by molar-refractivity contribution is -0.139. The van der Waals surface area contributed by atoms with Crippen molar-refractivity contribution in [2.75, 3.05) is 0 Å². The number of rotatable bonds is 4. The number of hydrogen-bond acceptors (Lipinski definition) is 4. The number of amides is 1. The Morgan fingerprint density at radius 1 is 1.40 bits per heavy atom. The first-order valence-electron chi connectivity index (χ1n) is 6.36. The summed E-state index contributed by atoms with van der Waals surface area (Å²) in [5, 5.41) is 11.5. The Kier molecular flexibility index (Phi) is 4.81. The lowest BCUT2D eigenvalue weighted by Gasteiger charge is -2.21. The third-order valence-corrected chi connectivity index (χ3v) is 2.61. The van der Waals surface area contributed by atoms with E-state index in [1.165, 1.54) is 0 Å². The summed E-state index contributed by atoms with van der Waals surface area (Å²) >= 11 is 0. The van der Waals surface area contributed by atoms with Crippen LogP contribution in [0.3, 0.4) is 0 Å². The molecule has 0 radical (unpaired) electrons. The van der Waals surface area contributed by atoms with Crippen molar-refractivity contribution in [1.29, 1.82) is 0 Å². The maximum Gasteiger partial charge on any atom is 0.408 e. The van der Waals surface area contributed by atoms with Crippen LogP contribution in [0.25, 0.3) is 0 Å². The molecule has 0 aliphatic rings. The minimum absolute atomic E-state index is 0.0727. The summed E-state index contributed by atoms with van der Waals surface area (Å²) < 4.78 is 10.5. The highest BCUT2D eigenvalue weighted by Gasteiger charge is 2.25. The second-order valence-electron chi connectivity index (χ2n) is 5.69. The van der Waals surface area contributed by atoms with Crippen LogP contribution in [0, 0.1) is 13.8 Å². The highest BCUT2D eigenvalue weighted by atomic mass is 16.6. The molecule has 1 aromatic rings. The van der Waals surface area contributed by atoms with Gasteiger partial charge in [-0.15, -0.1) is 0 Å². The van der Waals surface area contributed by atoms with Crippen molar-refractivity contribution in [3.63, 3.8) is 0 Å². The summed E-state index contributed by atoms with van der Waals surface area (Å²) in [5.74, 6) is 0.118. The Bertz CT molecular complexity index is 479. The number of hydrogen-bond donors (Lipinski definition) is 2. The zero-order valence-electron chi connectivity index (χ0n) is 12.4. The molecule has 0 spiro atoms. The maximum atomic E-state index is 11.6. The van der Waals surface area contributed by atoms with Crippen molar-refractivity contribution < 1.29 is 23.8 Å². The molecule has 1 unspecified atom stereocenters. The van der Waals surface area contributed by atoms with Gasteiger partial charge in [0.2, 0.25) is 0 Å². The summed E-state index contributed by atoms with van der Waals surface area (Å²) in [6.07, 6.45) is -0.687. The number of furan rings is 1. The molecule has 1 atom stereocenters. The number of carboxylic acids is 1. The zero-order chi connectivity index (χ0) is 15.5. The van der Waals surface area contributed by atoms with E-state index in [0.717, 1.165) is 11.3 Å². The van der Waals surface area contributed by atoms with E-state index in [2.05, 4.69) is 5.32 Å². The summed E-state index contributed by atoms with van der Waals surface area (Å²) in [6.45, 7) is 8.81. The van der Waals surface area contributed by atoms with Gasteiger partial charge in [0.25, 0.3) is 0 Å². The van der Waals surface area contributed by atoms with E-state index in [4.69, 9.17) is 14.3 Å². The SMILES string of the molecule is Cc1cc(CC(NC(=O)OC(C)(C)C)C(=O)O)oc1C. The molecular formula is C14H21NO5. The standard InChI is InChI=1S/C14H21NO5/c1-8-6-10(19-9(8)2)7-11(12(16)17)15-13(18)20-14(3,4)5/h6,11H,7H2,1-5H3,(H,15,18)(H,16,17). The van der Waals surface area contributed by atoms with E-state index in [9.17, 15) is 9.59 Å². The first-order chi connectivity index (χ1) is 9.08. The van der Waals surface area contributed by atoms with Crippen LogP contribution in [0.4, 0.5) is 4.79 Å². The fourth-order valence-electron chi connectivity index (χ4n) is 1.60. The van der Waals surface area contributed by atoms with Crippen molar-refractivity contribution in [3.8, 4) is 0 Å². The molecule has 20 heavy (non-hydrogen) atoms. The smallest absolute Gasteiger partial charge is 0.408 e. The average molecular weight is 283 g/mol. The Morgan fingerprint density at radius 3 is 2.40 bits per heavy atom. The third-order valence-electron chi connectivity index (χ3n) is 2.61. The molecular weight excluding hydrogens is 262 g/mol. The maximum absolute atomic E-state index is 11.6. The fraction of sp³-hybridized carbons (Fsp3) is 0.571. The van der Waals surface area contributed by atoms with Crippen LogP contribution in [0.2, 0.25) is 0 Å². The Morgan fingerprint density at radius 2 is 2.00 bits per heavy atom. The van der Waals surface area contributed by atoms with Crippen LogP contribution in [-0.2, 0) is 16.0 Å². The molecule has 1 heterocycles. The van der Waals surface area contributed by atoms with Gasteiger partial charge in [-0.25, -0.2) is 9.59 Å². The first kappa shape index (κ1) is 16.1. The normalized spacial score (nSPS) is 12.8. The lowest BCUT2D eigenvalue weighted by atomic mass is 10.1. The summed E-state index contributed by atoms with van der Waals surface area (Å²) in [5.41, 5.74) is 0.270. The molecule has 0 fully saturated rings. The molecule has 0 aliphatic carbocycles. The van der Waals surface area contributed by atoms with Gasteiger partial charge in [0, 0.05) is 6.42 Å². The van der Waals surface area contributed by atoms with Gasteiger partial charge in [-0.2, -0.15) is 0 Å². The van der Waals surface area contributed by atoms with Gasteiger partial charge >= 0.3 is 12.1 Å². The minimum Gasteiger partial charge on any atom is -0.480 e. The van der Waals surface area contributed by atoms with Crippen LogP contribution in [-0.4, -0.2) is 28.8 Å². The zero-order valence-corrected chi connectivity index (χ0v) is 12.4. The van der Waals surface area contributed by atoms with Gasteiger partial charge < -0.3 is 19.6 Å². The minimum atomic E-state index is -1.14. The van der Waals surface area contributed by atoms with E-state index in [0.29, 0.717) is 5.76 Å². The number of nitrogens with one attached hydrogen (secondary N) is 1. The molecule has 1 aromatic heterocycles. The number of alkyl carbamates (subject to hydrolysis) is 1. The van der Waals surface area contributed by atoms with E-state index >= 15 is 0 Å². The van der Waals surface area contributed by atoms with E-state index in [1.54, 1.807) is 33.8 Å². The molecule has 0 saturated carbocycles. The van der Waals surface area contributed by atoms with Crippen LogP contribution >= 0.6 is 0 Å². The first-order valence-corrected chi connectivity index (χ1v) is 6.36. The van der Waals surface area contributed by atoms with Crippen molar-refractivity contribution in [3.05, 3.63) is 23.2 Å². The van der Waals surface area contributed by atoms with Crippen molar-refractivity contribution in [2.24, 2.45) is 0 Å². The number of ether oxygens (including phenoxy) is 1. The number of carbonyl (C=O) groups is 2. The third kappa shape index (κ3) is 4.95. The molecule has 1 rings (SSSR count). The Hall–Kier alpha value is -1.98. The largest absolute Gasteiger partial charge is 0.480 e. The van der Waals surface area contributed by atoms with Crippen LogP contribution in [0.1, 0.15) is 37.9 Å². The predicted octanol–water partition coefficient (Wildman–Crippen LogP) is 2.42. The monoisotopic (exact) mass is 283 g/mol. The van der Waals surface area contributed by atoms with Gasteiger partial charge in [-0.3, -0.25) is 0 Å². The number of aliphatic carboxylic acids is 1. The molecule has 0 bridgehead atoms. The second-order valence-corrected chi connectivity index (χ2v) is 5.69. The second kappa shape index (κ2) is 5.98. The van der Waals surface area contributed by atoms with Crippen LogP contribution < -0.4 is 5.32 Å². The molecule has 0 aliphatic heterocycles. The molecule has 1 amide bonds. The number of carboxylic acid groups (broad SMARTS) is 1. The number of carbonyl (C=O) groups excluding carboxylic acids is 1. The highest BCUT2D eigenvalue weighted by molar-refractivity contribution is 5.80. The van der Waals surface area contributed by atoms with Crippen molar-refractivity contribution in [1.82, 2.24) is 5.32 Å². The van der Waals surface area contributed by atoms with Gasteiger partial charge in [-0.05, 0) is 46.2 Å². The Balaban J connectivity index is 2.70. The van der Waals surface area contributed by atoms with E-state index in [1.807, 2.05) is 6.92 Å². The fourth-order valence-corrected chi connectivity index (χ4v) is 1.60. The van der Waals surface area contributed by atoms with Gasteiger partial charge in [-0.1, -0.05) is 0 Å². The van der Waals surface area contributed by atoms with Crippen molar-refractivity contribution >= 4 is 12.1 Å². The predicted molar refractivity (Wildman–Crippen MR) is 72.7 cm³/mol. The molecule has 0 saturated heterocycles. The molecule has 112 valence electrons. The molecule has 6 heteroatoms. The highest BCUT2D eigenvalue weighted by Crippen LogP contribution is 2.15. The summed E-state index contributed by atoms with van der Waals surface area (Å²) in [7, 11) is 0. The topological polar surface area (TPSA) is 88.8 Å². The Labute approximate surface area is 118 Å². The molecule has 6 nitrogen and oxygen atoms in total. The van der Waals surface area contributed by atoms with Gasteiger partial charge in [0.15, 0.2) is 0 Å². The molecule has 0 aromatic carbocycles. The average Bonchev–Trinajstić information content (AvgIpc) is 2.54. The number of aryl methyl sites for hydroxylation is 2.